The standard InChI is InChI=1S/C11H15NOS/c1-8(2)14-11-5-4-9(3)6-10(11)12-7-13/h4-8H,1-3H3,(H,12,13). The van der Waals surface area contributed by atoms with Crippen LogP contribution in [-0.4, -0.2) is 11.7 Å². The number of rotatable bonds is 4. The van der Waals surface area contributed by atoms with Crippen molar-refractivity contribution in [3.05, 3.63) is 23.8 Å². The number of amides is 1. The van der Waals surface area contributed by atoms with Gasteiger partial charge in [0.1, 0.15) is 0 Å². The molecule has 0 spiro atoms. The quantitative estimate of drug-likeness (QED) is 0.610. The molecule has 1 rings (SSSR count). The van der Waals surface area contributed by atoms with Crippen LogP contribution < -0.4 is 5.32 Å². The molecule has 0 saturated heterocycles. The Morgan fingerprint density at radius 1 is 1.43 bits per heavy atom. The van der Waals surface area contributed by atoms with Gasteiger partial charge in [0.15, 0.2) is 0 Å². The van der Waals surface area contributed by atoms with Crippen LogP contribution in [0.15, 0.2) is 23.1 Å². The second-order valence-electron chi connectivity index (χ2n) is 3.43. The minimum absolute atomic E-state index is 0.518. The zero-order valence-electron chi connectivity index (χ0n) is 8.70. The largest absolute Gasteiger partial charge is 0.328 e. The Bertz CT molecular complexity index is 323. The number of benzene rings is 1. The van der Waals surface area contributed by atoms with Crippen molar-refractivity contribution in [3.63, 3.8) is 0 Å². The molecule has 76 valence electrons. The van der Waals surface area contributed by atoms with Crippen molar-refractivity contribution in [1.29, 1.82) is 0 Å². The van der Waals surface area contributed by atoms with Crippen LogP contribution in [0.4, 0.5) is 5.69 Å². The number of thioether (sulfide) groups is 1. The molecule has 0 heterocycles. The van der Waals surface area contributed by atoms with E-state index in [1.165, 1.54) is 0 Å². The number of carbonyl (C=O) groups excluding carboxylic acids is 1. The summed E-state index contributed by atoms with van der Waals surface area (Å²) in [5.74, 6) is 0. The summed E-state index contributed by atoms with van der Waals surface area (Å²) >= 11 is 1.75. The highest BCUT2D eigenvalue weighted by molar-refractivity contribution is 8.00. The Balaban J connectivity index is 2.95. The summed E-state index contributed by atoms with van der Waals surface area (Å²) in [6.45, 7) is 6.28. The average Bonchev–Trinajstić information content (AvgIpc) is 2.09. The molecule has 14 heavy (non-hydrogen) atoms. The first kappa shape index (κ1) is 11.1. The van der Waals surface area contributed by atoms with Crippen LogP contribution in [-0.2, 0) is 4.79 Å². The molecule has 0 fully saturated rings. The van der Waals surface area contributed by atoms with Crippen LogP contribution in [0.5, 0.6) is 0 Å². The van der Waals surface area contributed by atoms with Gasteiger partial charge >= 0.3 is 0 Å². The summed E-state index contributed by atoms with van der Waals surface area (Å²) in [5.41, 5.74) is 2.06. The van der Waals surface area contributed by atoms with Crippen molar-refractivity contribution < 1.29 is 4.79 Å². The zero-order chi connectivity index (χ0) is 10.6. The van der Waals surface area contributed by atoms with Crippen molar-refractivity contribution in [2.45, 2.75) is 30.9 Å². The molecule has 0 aliphatic heterocycles. The topological polar surface area (TPSA) is 29.1 Å². The molecule has 0 radical (unpaired) electrons. The maximum absolute atomic E-state index is 10.4. The van der Waals surface area contributed by atoms with Gasteiger partial charge < -0.3 is 5.32 Å². The molecule has 1 N–H and O–H groups in total. The molecule has 0 aliphatic carbocycles. The minimum atomic E-state index is 0.518. The Labute approximate surface area is 89.1 Å². The second kappa shape index (κ2) is 5.05. The highest BCUT2D eigenvalue weighted by Gasteiger charge is 2.04. The molecule has 1 aromatic rings. The van der Waals surface area contributed by atoms with Crippen molar-refractivity contribution >= 4 is 23.9 Å². The van der Waals surface area contributed by atoms with Crippen molar-refractivity contribution in [2.24, 2.45) is 0 Å². The number of hydrogen-bond donors (Lipinski definition) is 1. The van der Waals surface area contributed by atoms with Crippen LogP contribution in [0.1, 0.15) is 19.4 Å². The van der Waals surface area contributed by atoms with E-state index in [2.05, 4.69) is 25.2 Å². The first-order chi connectivity index (χ1) is 6.63. The number of hydrogen-bond acceptors (Lipinski definition) is 2. The van der Waals surface area contributed by atoms with Crippen LogP contribution in [0.3, 0.4) is 0 Å². The maximum atomic E-state index is 10.4. The minimum Gasteiger partial charge on any atom is -0.328 e. The van der Waals surface area contributed by atoms with E-state index in [1.54, 1.807) is 11.8 Å². The number of anilines is 1. The molecule has 1 aromatic carbocycles. The molecule has 0 aromatic heterocycles. The summed E-state index contributed by atoms with van der Waals surface area (Å²) in [6, 6.07) is 6.09. The van der Waals surface area contributed by atoms with E-state index in [4.69, 9.17) is 0 Å². The highest BCUT2D eigenvalue weighted by atomic mass is 32.2. The summed E-state index contributed by atoms with van der Waals surface area (Å²) in [7, 11) is 0. The molecule has 0 atom stereocenters. The normalized spacial score (nSPS) is 10.3. The number of nitrogens with one attached hydrogen (secondary N) is 1. The van der Waals surface area contributed by atoms with Crippen molar-refractivity contribution in [2.75, 3.05) is 5.32 Å². The van der Waals surface area contributed by atoms with E-state index < -0.39 is 0 Å². The maximum Gasteiger partial charge on any atom is 0.211 e. The van der Waals surface area contributed by atoms with Crippen LogP contribution in [0.25, 0.3) is 0 Å². The molecule has 2 nitrogen and oxygen atoms in total. The van der Waals surface area contributed by atoms with Crippen LogP contribution in [0, 0.1) is 6.92 Å². The summed E-state index contributed by atoms with van der Waals surface area (Å²) in [6.07, 6.45) is 0.721. The predicted octanol–water partition coefficient (Wildman–Crippen LogP) is 3.06. The zero-order valence-corrected chi connectivity index (χ0v) is 9.52. The molecular formula is C11H15NOS. The van der Waals surface area contributed by atoms with Crippen molar-refractivity contribution in [3.8, 4) is 0 Å². The fourth-order valence-corrected chi connectivity index (χ4v) is 2.08. The van der Waals surface area contributed by atoms with Crippen LogP contribution in [0.2, 0.25) is 0 Å². The van der Waals surface area contributed by atoms with E-state index in [1.807, 2.05) is 19.1 Å². The van der Waals surface area contributed by atoms with Gasteiger partial charge in [-0.25, -0.2) is 0 Å². The third kappa shape index (κ3) is 3.07. The SMILES string of the molecule is Cc1ccc(SC(C)C)c(NC=O)c1. The van der Waals surface area contributed by atoms with Gasteiger partial charge in [0.25, 0.3) is 0 Å². The van der Waals surface area contributed by atoms with Gasteiger partial charge in [-0.3, -0.25) is 4.79 Å². The third-order valence-electron chi connectivity index (χ3n) is 1.71. The van der Waals surface area contributed by atoms with E-state index in [0.717, 1.165) is 22.6 Å². The third-order valence-corrected chi connectivity index (χ3v) is 2.79. The second-order valence-corrected chi connectivity index (χ2v) is 5.05. The Hall–Kier alpha value is -0.960. The van der Waals surface area contributed by atoms with Gasteiger partial charge in [-0.1, -0.05) is 19.9 Å². The molecule has 1 amide bonds. The van der Waals surface area contributed by atoms with E-state index in [-0.39, 0.29) is 0 Å². The summed E-state index contributed by atoms with van der Waals surface area (Å²) in [4.78, 5) is 11.5. The molecule has 0 bridgehead atoms. The summed E-state index contributed by atoms with van der Waals surface area (Å²) in [5, 5.41) is 3.24. The Morgan fingerprint density at radius 3 is 2.71 bits per heavy atom. The van der Waals surface area contributed by atoms with Gasteiger partial charge in [-0.2, -0.15) is 0 Å². The first-order valence-corrected chi connectivity index (χ1v) is 5.49. The lowest BCUT2D eigenvalue weighted by Crippen LogP contribution is -1.97. The summed E-state index contributed by atoms with van der Waals surface area (Å²) < 4.78 is 0. The fraction of sp³-hybridized carbons (Fsp3) is 0.364. The van der Waals surface area contributed by atoms with E-state index in [9.17, 15) is 4.79 Å². The lowest BCUT2D eigenvalue weighted by Gasteiger charge is -2.10. The monoisotopic (exact) mass is 209 g/mol. The Kier molecular flexibility index (Phi) is 4.01. The molecular weight excluding hydrogens is 194 g/mol. The van der Waals surface area contributed by atoms with Gasteiger partial charge in [0.2, 0.25) is 6.41 Å². The lowest BCUT2D eigenvalue weighted by molar-refractivity contribution is -0.105. The van der Waals surface area contributed by atoms with Gasteiger partial charge in [0, 0.05) is 10.1 Å². The smallest absolute Gasteiger partial charge is 0.211 e. The molecule has 0 unspecified atom stereocenters. The van der Waals surface area contributed by atoms with Gasteiger partial charge in [-0.05, 0) is 24.6 Å². The number of aryl methyl sites for hydroxylation is 1. The average molecular weight is 209 g/mol. The van der Waals surface area contributed by atoms with Gasteiger partial charge in [0.05, 0.1) is 5.69 Å². The van der Waals surface area contributed by atoms with Gasteiger partial charge in [-0.15, -0.1) is 11.8 Å². The fourth-order valence-electron chi connectivity index (χ4n) is 1.18. The highest BCUT2D eigenvalue weighted by Crippen LogP contribution is 2.30. The van der Waals surface area contributed by atoms with Crippen LogP contribution >= 0.6 is 11.8 Å². The molecule has 0 aliphatic rings. The lowest BCUT2D eigenvalue weighted by atomic mass is 10.2. The molecule has 0 saturated carbocycles. The Morgan fingerprint density at radius 2 is 2.14 bits per heavy atom. The first-order valence-electron chi connectivity index (χ1n) is 4.61. The van der Waals surface area contributed by atoms with E-state index >= 15 is 0 Å². The van der Waals surface area contributed by atoms with Crippen molar-refractivity contribution in [1.82, 2.24) is 0 Å². The molecule has 3 heteroatoms. The predicted molar refractivity (Wildman–Crippen MR) is 61.9 cm³/mol. The number of carbonyl (C=O) groups is 1. The van der Waals surface area contributed by atoms with E-state index in [0.29, 0.717) is 5.25 Å².